The predicted molar refractivity (Wildman–Crippen MR) is 136 cm³/mol. The summed E-state index contributed by atoms with van der Waals surface area (Å²) in [6, 6.07) is 8.89. The number of aryl methyl sites for hydroxylation is 6. The number of oxime groups is 2. The van der Waals surface area contributed by atoms with E-state index in [0.717, 1.165) is 31.1 Å². The van der Waals surface area contributed by atoms with Crippen LogP contribution in [0, 0.1) is 41.5 Å². The first-order valence-corrected chi connectivity index (χ1v) is 12.2. The molecule has 0 N–H and O–H groups in total. The Bertz CT molecular complexity index is 1190. The van der Waals surface area contributed by atoms with Crippen LogP contribution in [0.25, 0.3) is 0 Å². The topological polar surface area (TPSA) is 49.7 Å². The number of likely N-dealkylation sites (N-methyl/N-ethyl adjacent to an activating group) is 1. The molecule has 1 spiro atoms. The summed E-state index contributed by atoms with van der Waals surface area (Å²) in [5, 5.41) is 9.29. The van der Waals surface area contributed by atoms with E-state index in [4.69, 9.17) is 9.68 Å². The first-order chi connectivity index (χ1) is 16.0. The maximum atomic E-state index is 6.31. The van der Waals surface area contributed by atoms with Crippen molar-refractivity contribution in [1.82, 2.24) is 9.80 Å². The highest BCUT2D eigenvalue weighted by atomic mass is 16.7. The molecule has 180 valence electrons. The largest absolute Gasteiger partial charge is 0.372 e. The Morgan fingerprint density at radius 2 is 1.32 bits per heavy atom. The number of rotatable bonds is 2. The zero-order valence-electron chi connectivity index (χ0n) is 21.7. The van der Waals surface area contributed by atoms with E-state index in [1.54, 1.807) is 0 Å². The van der Waals surface area contributed by atoms with Gasteiger partial charge in [-0.25, -0.2) is 0 Å². The van der Waals surface area contributed by atoms with Crippen LogP contribution in [0.1, 0.15) is 64.3 Å². The van der Waals surface area contributed by atoms with Gasteiger partial charge >= 0.3 is 0 Å². The third-order valence-electron chi connectivity index (χ3n) is 7.75. The van der Waals surface area contributed by atoms with Gasteiger partial charge in [0.15, 0.2) is 5.84 Å². The summed E-state index contributed by atoms with van der Waals surface area (Å²) in [6.45, 7) is 16.7. The maximum Gasteiger partial charge on any atom is 0.214 e. The van der Waals surface area contributed by atoms with E-state index in [0.29, 0.717) is 6.42 Å². The van der Waals surface area contributed by atoms with Crippen molar-refractivity contribution in [3.63, 3.8) is 0 Å². The molecule has 2 aromatic rings. The lowest BCUT2D eigenvalue weighted by atomic mass is 9.89. The average molecular weight is 461 g/mol. The number of amidine groups is 1. The molecule has 3 aliphatic rings. The Hall–Kier alpha value is -2.86. The van der Waals surface area contributed by atoms with Crippen LogP contribution in [0.4, 0.5) is 0 Å². The summed E-state index contributed by atoms with van der Waals surface area (Å²) in [4.78, 5) is 17.2. The second-order valence-corrected chi connectivity index (χ2v) is 10.7. The fourth-order valence-electron chi connectivity index (χ4n) is 6.28. The standard InChI is InChI=1S/C28H36N4O2/c1-17-11-19(3)24(20(4)12-17)23-15-28(34-29-23)16-27(7)32(10-9-31(28)8)26(30-33-27)25-21(5)13-18(2)14-22(25)6/h11-14H,9-10,15-16H2,1-8H3/t27-,28-/m0/s1. The Labute approximate surface area is 203 Å². The van der Waals surface area contributed by atoms with Gasteiger partial charge in [-0.05, 0) is 77.8 Å². The highest BCUT2D eigenvalue weighted by molar-refractivity contribution is 6.04. The molecule has 1 saturated heterocycles. The molecule has 6 nitrogen and oxygen atoms in total. The predicted octanol–water partition coefficient (Wildman–Crippen LogP) is 5.10. The third-order valence-corrected chi connectivity index (χ3v) is 7.75. The number of nitrogens with zero attached hydrogens (tertiary/aromatic N) is 4. The molecule has 0 saturated carbocycles. The molecule has 0 bridgehead atoms. The van der Waals surface area contributed by atoms with E-state index in [1.165, 1.54) is 44.5 Å². The molecule has 0 aliphatic carbocycles. The van der Waals surface area contributed by atoms with Crippen molar-refractivity contribution in [2.45, 2.75) is 72.8 Å². The van der Waals surface area contributed by atoms with Crippen molar-refractivity contribution < 1.29 is 9.68 Å². The van der Waals surface area contributed by atoms with E-state index >= 15 is 0 Å². The van der Waals surface area contributed by atoms with Gasteiger partial charge in [0.2, 0.25) is 11.4 Å². The molecular formula is C28H36N4O2. The van der Waals surface area contributed by atoms with E-state index in [9.17, 15) is 0 Å². The fourth-order valence-corrected chi connectivity index (χ4v) is 6.28. The van der Waals surface area contributed by atoms with E-state index < -0.39 is 11.4 Å². The minimum absolute atomic E-state index is 0.565. The van der Waals surface area contributed by atoms with Crippen LogP contribution in [0.2, 0.25) is 0 Å². The van der Waals surface area contributed by atoms with Gasteiger partial charge in [0.25, 0.3) is 0 Å². The van der Waals surface area contributed by atoms with Gasteiger partial charge in [0, 0.05) is 24.2 Å². The maximum absolute atomic E-state index is 6.31. The van der Waals surface area contributed by atoms with Crippen molar-refractivity contribution >= 4 is 11.5 Å². The number of fused-ring (bicyclic) bond motifs is 1. The lowest BCUT2D eigenvalue weighted by Gasteiger charge is -2.38. The van der Waals surface area contributed by atoms with E-state index in [2.05, 4.69) is 99.9 Å². The minimum Gasteiger partial charge on any atom is -0.372 e. The average Bonchev–Trinajstić information content (AvgIpc) is 3.24. The Morgan fingerprint density at radius 1 is 0.765 bits per heavy atom. The molecule has 2 atom stereocenters. The van der Waals surface area contributed by atoms with Gasteiger partial charge in [0.1, 0.15) is 0 Å². The second kappa shape index (κ2) is 7.84. The summed E-state index contributed by atoms with van der Waals surface area (Å²) >= 11 is 0. The van der Waals surface area contributed by atoms with E-state index in [-0.39, 0.29) is 0 Å². The summed E-state index contributed by atoms with van der Waals surface area (Å²) in [5.74, 6) is 0.923. The Kier molecular flexibility index (Phi) is 5.28. The van der Waals surface area contributed by atoms with Gasteiger partial charge in [-0.2, -0.15) is 0 Å². The van der Waals surface area contributed by atoms with Gasteiger partial charge in [-0.3, -0.25) is 4.90 Å². The summed E-state index contributed by atoms with van der Waals surface area (Å²) < 4.78 is 0. The summed E-state index contributed by atoms with van der Waals surface area (Å²) in [7, 11) is 2.14. The van der Waals surface area contributed by atoms with Crippen LogP contribution >= 0.6 is 0 Å². The molecule has 1 fully saturated rings. The molecular weight excluding hydrogens is 424 g/mol. The van der Waals surface area contributed by atoms with Gasteiger partial charge in [0.05, 0.1) is 18.6 Å². The molecule has 34 heavy (non-hydrogen) atoms. The quantitative estimate of drug-likeness (QED) is 0.625. The molecule has 2 aromatic carbocycles. The molecule has 3 heterocycles. The van der Waals surface area contributed by atoms with Crippen molar-refractivity contribution in [2.75, 3.05) is 20.1 Å². The smallest absolute Gasteiger partial charge is 0.214 e. The SMILES string of the molecule is Cc1cc(C)c(C2=NO[C@@]3(C2)C[C@]2(C)ON=C(c4c(C)cc(C)cc4C)N2CCN3C)c(C)c1. The number of hydrogen-bond donors (Lipinski definition) is 0. The number of hydrogen-bond acceptors (Lipinski definition) is 6. The Morgan fingerprint density at radius 3 is 1.91 bits per heavy atom. The third kappa shape index (κ3) is 3.50. The van der Waals surface area contributed by atoms with Gasteiger partial charge in [-0.15, -0.1) is 0 Å². The van der Waals surface area contributed by atoms with Crippen LogP contribution in [0.5, 0.6) is 0 Å². The van der Waals surface area contributed by atoms with Crippen LogP contribution in [0.3, 0.4) is 0 Å². The van der Waals surface area contributed by atoms with Crippen molar-refractivity contribution in [2.24, 2.45) is 10.3 Å². The van der Waals surface area contributed by atoms with Crippen LogP contribution in [0.15, 0.2) is 34.6 Å². The van der Waals surface area contributed by atoms with Gasteiger partial charge in [-0.1, -0.05) is 45.7 Å². The molecule has 5 rings (SSSR count). The Balaban J connectivity index is 1.46. The first kappa shape index (κ1) is 22.9. The zero-order valence-corrected chi connectivity index (χ0v) is 21.7. The normalized spacial score (nSPS) is 26.6. The van der Waals surface area contributed by atoms with Gasteiger partial charge < -0.3 is 14.6 Å². The molecule has 0 radical (unpaired) electrons. The molecule has 3 aliphatic heterocycles. The lowest BCUT2D eigenvalue weighted by Crippen LogP contribution is -2.52. The van der Waals surface area contributed by atoms with Crippen LogP contribution in [-0.2, 0) is 9.68 Å². The van der Waals surface area contributed by atoms with Crippen molar-refractivity contribution in [3.05, 3.63) is 68.8 Å². The second-order valence-electron chi connectivity index (χ2n) is 10.7. The van der Waals surface area contributed by atoms with Crippen LogP contribution < -0.4 is 0 Å². The van der Waals surface area contributed by atoms with Crippen LogP contribution in [-0.4, -0.2) is 52.9 Å². The monoisotopic (exact) mass is 460 g/mol. The first-order valence-electron chi connectivity index (χ1n) is 12.2. The lowest BCUT2D eigenvalue weighted by molar-refractivity contribution is -0.177. The van der Waals surface area contributed by atoms with E-state index in [1.807, 2.05) is 0 Å². The molecule has 0 aromatic heterocycles. The molecule has 6 heteroatoms. The number of benzene rings is 2. The van der Waals surface area contributed by atoms with Crippen molar-refractivity contribution in [1.29, 1.82) is 0 Å². The molecule has 0 amide bonds. The highest BCUT2D eigenvalue weighted by Gasteiger charge is 2.56. The molecule has 0 unspecified atom stereocenters. The highest BCUT2D eigenvalue weighted by Crippen LogP contribution is 2.44. The summed E-state index contributed by atoms with van der Waals surface area (Å²) in [5.41, 5.74) is 9.70. The minimum atomic E-state index is -0.605. The fraction of sp³-hybridized carbons (Fsp3) is 0.500. The zero-order chi connectivity index (χ0) is 24.4. The van der Waals surface area contributed by atoms with Crippen molar-refractivity contribution in [3.8, 4) is 0 Å². The summed E-state index contributed by atoms with van der Waals surface area (Å²) in [6.07, 6.45) is 1.36.